The normalized spacial score (nSPS) is 12.1. The Morgan fingerprint density at radius 2 is 2.20 bits per heavy atom. The van der Waals surface area contributed by atoms with Crippen LogP contribution in [0.5, 0.6) is 0 Å². The number of nitrogens with two attached hydrogens (primary N) is 1. The summed E-state index contributed by atoms with van der Waals surface area (Å²) in [4.78, 5) is 21.1. The monoisotopic (exact) mass is 272 g/mol. The molecule has 5 nitrogen and oxygen atoms in total. The third-order valence-corrected chi connectivity index (χ3v) is 2.29. The molecule has 15 heavy (non-hydrogen) atoms. The highest BCUT2D eigenvalue weighted by molar-refractivity contribution is 9.10. The van der Waals surface area contributed by atoms with Gasteiger partial charge in [-0.3, -0.25) is 14.9 Å². The number of carbonyl (C=O) groups is 1. The molecule has 0 bridgehead atoms. The van der Waals surface area contributed by atoms with Crippen LogP contribution in [0.3, 0.4) is 0 Å². The number of carbonyl (C=O) groups excluding carboxylic acids is 1. The lowest BCUT2D eigenvalue weighted by Crippen LogP contribution is -2.10. The molecular formula is C9H9BrN2O3. The van der Waals surface area contributed by atoms with Gasteiger partial charge in [0.25, 0.3) is 5.69 Å². The number of hydrogen-bond acceptors (Lipinski definition) is 4. The van der Waals surface area contributed by atoms with E-state index >= 15 is 0 Å². The van der Waals surface area contributed by atoms with Crippen molar-refractivity contribution in [1.82, 2.24) is 0 Å². The van der Waals surface area contributed by atoms with Gasteiger partial charge in [0, 0.05) is 11.6 Å². The molecule has 0 saturated heterocycles. The second-order valence-electron chi connectivity index (χ2n) is 3.01. The van der Waals surface area contributed by atoms with Gasteiger partial charge in [-0.1, -0.05) is 15.9 Å². The number of ketones is 1. The number of hydrogen-bond donors (Lipinski definition) is 1. The Morgan fingerprint density at radius 3 is 2.60 bits per heavy atom. The van der Waals surface area contributed by atoms with E-state index in [0.29, 0.717) is 5.56 Å². The van der Waals surface area contributed by atoms with Crippen LogP contribution < -0.4 is 5.73 Å². The van der Waals surface area contributed by atoms with Gasteiger partial charge >= 0.3 is 0 Å². The fraction of sp³-hybridized carbons (Fsp3) is 0.222. The molecule has 1 unspecified atom stereocenters. The second-order valence-corrected chi connectivity index (χ2v) is 4.38. The smallest absolute Gasteiger partial charge is 0.292 e. The predicted molar refractivity (Wildman–Crippen MR) is 60.2 cm³/mol. The molecule has 0 fully saturated rings. The number of anilines is 1. The number of alkyl halides is 1. The molecule has 0 amide bonds. The summed E-state index contributed by atoms with van der Waals surface area (Å²) < 4.78 is 0. The third-order valence-electron chi connectivity index (χ3n) is 1.87. The van der Waals surface area contributed by atoms with Crippen molar-refractivity contribution in [3.05, 3.63) is 33.9 Å². The Balaban J connectivity index is 3.12. The number of nitrogen functional groups attached to an aromatic ring is 1. The van der Waals surface area contributed by atoms with Gasteiger partial charge in [0.05, 0.1) is 9.75 Å². The van der Waals surface area contributed by atoms with E-state index in [1.165, 1.54) is 18.2 Å². The van der Waals surface area contributed by atoms with Crippen molar-refractivity contribution in [1.29, 1.82) is 0 Å². The van der Waals surface area contributed by atoms with Crippen molar-refractivity contribution in [3.63, 3.8) is 0 Å². The zero-order valence-electron chi connectivity index (χ0n) is 7.94. The van der Waals surface area contributed by atoms with Gasteiger partial charge in [-0.2, -0.15) is 0 Å². The van der Waals surface area contributed by atoms with E-state index in [9.17, 15) is 14.9 Å². The van der Waals surface area contributed by atoms with Crippen LogP contribution in [-0.4, -0.2) is 15.5 Å². The lowest BCUT2D eigenvalue weighted by Gasteiger charge is -2.03. The van der Waals surface area contributed by atoms with Gasteiger partial charge in [-0.15, -0.1) is 0 Å². The SMILES string of the molecule is CC(Br)C(=O)c1ccc([N+](=O)[O-])c(N)c1. The van der Waals surface area contributed by atoms with Gasteiger partial charge < -0.3 is 5.73 Å². The van der Waals surface area contributed by atoms with Crippen molar-refractivity contribution in [2.24, 2.45) is 0 Å². The van der Waals surface area contributed by atoms with Crippen LogP contribution in [0.1, 0.15) is 17.3 Å². The Bertz CT molecular complexity index is 418. The van der Waals surface area contributed by atoms with Gasteiger partial charge in [0.15, 0.2) is 5.78 Å². The summed E-state index contributed by atoms with van der Waals surface area (Å²) >= 11 is 3.12. The predicted octanol–water partition coefficient (Wildman–Crippen LogP) is 2.14. The highest BCUT2D eigenvalue weighted by atomic mass is 79.9. The number of rotatable bonds is 3. The molecule has 0 heterocycles. The van der Waals surface area contributed by atoms with E-state index in [4.69, 9.17) is 5.73 Å². The molecule has 0 aromatic heterocycles. The van der Waals surface area contributed by atoms with Crippen LogP contribution in [0.25, 0.3) is 0 Å². The number of halogens is 1. The molecule has 0 aliphatic rings. The molecule has 80 valence electrons. The number of nitro benzene ring substituents is 1. The van der Waals surface area contributed by atoms with E-state index in [1.54, 1.807) is 6.92 Å². The van der Waals surface area contributed by atoms with Crippen molar-refractivity contribution < 1.29 is 9.72 Å². The van der Waals surface area contributed by atoms with E-state index in [2.05, 4.69) is 15.9 Å². The van der Waals surface area contributed by atoms with Crippen LogP contribution in [0.15, 0.2) is 18.2 Å². The lowest BCUT2D eigenvalue weighted by atomic mass is 10.1. The zero-order valence-corrected chi connectivity index (χ0v) is 9.52. The summed E-state index contributed by atoms with van der Waals surface area (Å²) in [6, 6.07) is 3.95. The van der Waals surface area contributed by atoms with Gasteiger partial charge in [0.2, 0.25) is 0 Å². The third kappa shape index (κ3) is 2.53. The average Bonchev–Trinajstić information content (AvgIpc) is 2.15. The highest BCUT2D eigenvalue weighted by Gasteiger charge is 2.16. The van der Waals surface area contributed by atoms with Crippen LogP contribution in [0.4, 0.5) is 11.4 Å². The molecule has 1 aromatic rings. The lowest BCUT2D eigenvalue weighted by molar-refractivity contribution is -0.383. The molecule has 2 N–H and O–H groups in total. The summed E-state index contributed by atoms with van der Waals surface area (Å²) in [5.74, 6) is -0.156. The maximum atomic E-state index is 11.5. The summed E-state index contributed by atoms with van der Waals surface area (Å²) in [6.07, 6.45) is 0. The standard InChI is InChI=1S/C9H9BrN2O3/c1-5(10)9(13)6-2-3-8(12(14)15)7(11)4-6/h2-5H,11H2,1H3. The minimum Gasteiger partial charge on any atom is -0.393 e. The van der Waals surface area contributed by atoms with Crippen molar-refractivity contribution in [2.75, 3.05) is 5.73 Å². The number of Topliss-reactive ketones (excluding diaryl/α,β-unsaturated/α-hetero) is 1. The molecule has 0 aliphatic heterocycles. The Kier molecular flexibility index (Phi) is 3.41. The van der Waals surface area contributed by atoms with Crippen LogP contribution in [-0.2, 0) is 0 Å². The van der Waals surface area contributed by atoms with Gasteiger partial charge in [0.1, 0.15) is 5.69 Å². The maximum Gasteiger partial charge on any atom is 0.292 e. The summed E-state index contributed by atoms with van der Waals surface area (Å²) in [5, 5.41) is 10.5. The number of nitrogens with zero attached hydrogens (tertiary/aromatic N) is 1. The molecule has 0 radical (unpaired) electrons. The van der Waals surface area contributed by atoms with E-state index in [-0.39, 0.29) is 22.0 Å². The molecule has 1 aromatic carbocycles. The van der Waals surface area contributed by atoms with Crippen LogP contribution >= 0.6 is 15.9 Å². The fourth-order valence-corrected chi connectivity index (χ4v) is 1.37. The Labute approximate surface area is 94.5 Å². The molecule has 0 spiro atoms. The van der Waals surface area contributed by atoms with Crippen molar-refractivity contribution >= 4 is 33.1 Å². The largest absolute Gasteiger partial charge is 0.393 e. The molecule has 0 saturated carbocycles. The van der Waals surface area contributed by atoms with E-state index in [0.717, 1.165) is 0 Å². The first-order chi connectivity index (χ1) is 6.93. The molecule has 1 atom stereocenters. The molecule has 0 aliphatic carbocycles. The quantitative estimate of drug-likeness (QED) is 0.300. The van der Waals surface area contributed by atoms with Crippen molar-refractivity contribution in [3.8, 4) is 0 Å². The minimum absolute atomic E-state index is 0.000926. The summed E-state index contributed by atoms with van der Waals surface area (Å²) in [6.45, 7) is 1.68. The van der Waals surface area contributed by atoms with Crippen LogP contribution in [0, 0.1) is 10.1 Å². The Morgan fingerprint density at radius 1 is 1.60 bits per heavy atom. The molecule has 1 rings (SSSR count). The average molecular weight is 273 g/mol. The number of benzene rings is 1. The van der Waals surface area contributed by atoms with Gasteiger partial charge in [-0.05, 0) is 19.1 Å². The second kappa shape index (κ2) is 4.39. The summed E-state index contributed by atoms with van der Waals surface area (Å²) in [7, 11) is 0. The highest BCUT2D eigenvalue weighted by Crippen LogP contribution is 2.23. The fourth-order valence-electron chi connectivity index (χ4n) is 1.10. The summed E-state index contributed by atoms with van der Waals surface area (Å²) in [5.41, 5.74) is 5.63. The zero-order chi connectivity index (χ0) is 11.6. The number of nitro groups is 1. The first-order valence-corrected chi connectivity index (χ1v) is 5.07. The molecular weight excluding hydrogens is 264 g/mol. The maximum absolute atomic E-state index is 11.5. The van der Waals surface area contributed by atoms with E-state index < -0.39 is 4.92 Å². The van der Waals surface area contributed by atoms with Gasteiger partial charge in [-0.25, -0.2) is 0 Å². The first kappa shape index (κ1) is 11.6. The Hall–Kier alpha value is -1.43. The first-order valence-electron chi connectivity index (χ1n) is 4.15. The van der Waals surface area contributed by atoms with Crippen LogP contribution in [0.2, 0.25) is 0 Å². The molecule has 6 heteroatoms. The topological polar surface area (TPSA) is 86.2 Å². The van der Waals surface area contributed by atoms with Crippen molar-refractivity contribution in [2.45, 2.75) is 11.8 Å². The van der Waals surface area contributed by atoms with E-state index in [1.807, 2.05) is 0 Å². The minimum atomic E-state index is -0.582.